The maximum Gasteiger partial charge on any atom is 0.333 e. The zero-order chi connectivity index (χ0) is 24.2. The van der Waals surface area contributed by atoms with E-state index in [1.807, 2.05) is 54.6 Å². The number of methoxy groups -OCH3 is 1. The molecule has 0 radical (unpaired) electrons. The molecule has 0 saturated heterocycles. The van der Waals surface area contributed by atoms with Gasteiger partial charge in [0.25, 0.3) is 0 Å². The Hall–Kier alpha value is -4.01. The normalized spacial score (nSPS) is 11.4. The SMILES string of the molecule is COc1cc(NC(C)CCCNC(=O)NNC(=O)NCCc2ccccc2)c2ncccc2c1. The van der Waals surface area contributed by atoms with Crippen molar-refractivity contribution in [1.82, 2.24) is 26.5 Å². The molecule has 3 aromatic rings. The summed E-state index contributed by atoms with van der Waals surface area (Å²) in [4.78, 5) is 28.2. The van der Waals surface area contributed by atoms with Crippen LogP contribution in [0.5, 0.6) is 5.75 Å². The van der Waals surface area contributed by atoms with Crippen molar-refractivity contribution in [3.05, 3.63) is 66.4 Å². The van der Waals surface area contributed by atoms with Crippen LogP contribution >= 0.6 is 0 Å². The molecule has 9 heteroatoms. The second-order valence-corrected chi connectivity index (χ2v) is 7.94. The van der Waals surface area contributed by atoms with E-state index < -0.39 is 12.1 Å². The van der Waals surface area contributed by atoms with Crippen LogP contribution in [0.2, 0.25) is 0 Å². The summed E-state index contributed by atoms with van der Waals surface area (Å²) in [5, 5.41) is 9.92. The Balaban J connectivity index is 1.31. The van der Waals surface area contributed by atoms with E-state index in [1.165, 1.54) is 0 Å². The van der Waals surface area contributed by atoms with Crippen molar-refractivity contribution in [1.29, 1.82) is 0 Å². The molecule has 9 nitrogen and oxygen atoms in total. The van der Waals surface area contributed by atoms with Gasteiger partial charge in [-0.3, -0.25) is 4.98 Å². The summed E-state index contributed by atoms with van der Waals surface area (Å²) in [5.74, 6) is 0.769. The van der Waals surface area contributed by atoms with E-state index in [1.54, 1.807) is 13.3 Å². The van der Waals surface area contributed by atoms with Gasteiger partial charge in [0.1, 0.15) is 5.75 Å². The largest absolute Gasteiger partial charge is 0.497 e. The van der Waals surface area contributed by atoms with Crippen molar-refractivity contribution in [2.24, 2.45) is 0 Å². The van der Waals surface area contributed by atoms with E-state index in [4.69, 9.17) is 4.74 Å². The van der Waals surface area contributed by atoms with Crippen LogP contribution in [-0.4, -0.2) is 43.3 Å². The fourth-order valence-corrected chi connectivity index (χ4v) is 3.51. The molecule has 0 spiro atoms. The lowest BCUT2D eigenvalue weighted by atomic mass is 10.1. The highest BCUT2D eigenvalue weighted by Crippen LogP contribution is 2.28. The monoisotopic (exact) mass is 464 g/mol. The zero-order valence-corrected chi connectivity index (χ0v) is 19.6. The topological polar surface area (TPSA) is 116 Å². The highest BCUT2D eigenvalue weighted by atomic mass is 16.5. The van der Waals surface area contributed by atoms with Gasteiger partial charge < -0.3 is 20.7 Å². The predicted octanol–water partition coefficient (Wildman–Crippen LogP) is 3.58. The van der Waals surface area contributed by atoms with Gasteiger partial charge in [-0.1, -0.05) is 36.4 Å². The third-order valence-corrected chi connectivity index (χ3v) is 5.25. The first-order chi connectivity index (χ1) is 16.5. The number of benzene rings is 2. The van der Waals surface area contributed by atoms with Crippen LogP contribution in [0.3, 0.4) is 0 Å². The molecule has 34 heavy (non-hydrogen) atoms. The third kappa shape index (κ3) is 7.84. The first-order valence-corrected chi connectivity index (χ1v) is 11.4. The molecule has 0 aliphatic carbocycles. The standard InChI is InChI=1S/C25H32N6O3/c1-18(29-22-17-21(34-2)16-20-11-7-13-26-23(20)22)8-6-14-27-24(32)30-31-25(33)28-15-12-19-9-4-3-5-10-19/h3-5,7,9-11,13,16-18,29H,6,8,12,14-15H2,1-2H3,(H2,27,30,32)(H2,28,31,33). The van der Waals surface area contributed by atoms with Crippen molar-refractivity contribution in [3.8, 4) is 5.75 Å². The van der Waals surface area contributed by atoms with Crippen molar-refractivity contribution in [2.75, 3.05) is 25.5 Å². The smallest absolute Gasteiger partial charge is 0.333 e. The molecule has 0 aliphatic heterocycles. The number of hydrazine groups is 1. The van der Waals surface area contributed by atoms with E-state index in [0.29, 0.717) is 19.5 Å². The molecule has 3 rings (SSSR count). The minimum Gasteiger partial charge on any atom is -0.497 e. The quantitative estimate of drug-likeness (QED) is 0.232. The summed E-state index contributed by atoms with van der Waals surface area (Å²) >= 11 is 0. The molecule has 0 bridgehead atoms. The summed E-state index contributed by atoms with van der Waals surface area (Å²) in [6.45, 7) is 3.03. The van der Waals surface area contributed by atoms with E-state index >= 15 is 0 Å². The Morgan fingerprint density at radius 3 is 2.44 bits per heavy atom. The van der Waals surface area contributed by atoms with Crippen LogP contribution in [0.1, 0.15) is 25.3 Å². The number of rotatable bonds is 10. The molecule has 0 aliphatic rings. The average molecular weight is 465 g/mol. The minimum absolute atomic E-state index is 0.163. The van der Waals surface area contributed by atoms with E-state index in [2.05, 4.69) is 38.7 Å². The molecule has 1 heterocycles. The number of hydrogen-bond donors (Lipinski definition) is 5. The predicted molar refractivity (Wildman–Crippen MR) is 134 cm³/mol. The van der Waals surface area contributed by atoms with Crippen molar-refractivity contribution >= 4 is 28.7 Å². The molecular weight excluding hydrogens is 432 g/mol. The number of nitrogens with zero attached hydrogens (tertiary/aromatic N) is 1. The lowest BCUT2D eigenvalue weighted by Crippen LogP contribution is -2.50. The van der Waals surface area contributed by atoms with Crippen LogP contribution in [-0.2, 0) is 6.42 Å². The summed E-state index contributed by atoms with van der Waals surface area (Å²) in [6.07, 6.45) is 4.08. The van der Waals surface area contributed by atoms with Gasteiger partial charge in [-0.05, 0) is 43.9 Å². The molecule has 1 aromatic heterocycles. The number of amides is 4. The number of fused-ring (bicyclic) bond motifs is 1. The maximum absolute atomic E-state index is 11.9. The van der Waals surface area contributed by atoms with E-state index in [9.17, 15) is 9.59 Å². The Morgan fingerprint density at radius 2 is 1.71 bits per heavy atom. The zero-order valence-electron chi connectivity index (χ0n) is 19.6. The Kier molecular flexibility index (Phi) is 9.33. The van der Waals surface area contributed by atoms with Crippen LogP contribution in [0.15, 0.2) is 60.8 Å². The first-order valence-electron chi connectivity index (χ1n) is 11.4. The van der Waals surface area contributed by atoms with Crippen LogP contribution in [0, 0.1) is 0 Å². The molecule has 180 valence electrons. The molecule has 1 unspecified atom stereocenters. The lowest BCUT2D eigenvalue weighted by Gasteiger charge is -2.17. The second-order valence-electron chi connectivity index (χ2n) is 7.94. The van der Waals surface area contributed by atoms with Gasteiger partial charge in [-0.25, -0.2) is 20.4 Å². The molecule has 5 N–H and O–H groups in total. The fraction of sp³-hybridized carbons (Fsp3) is 0.320. The van der Waals surface area contributed by atoms with Gasteiger partial charge in [0, 0.05) is 36.8 Å². The Labute approximate surface area is 199 Å². The average Bonchev–Trinajstić information content (AvgIpc) is 2.86. The van der Waals surface area contributed by atoms with Gasteiger partial charge in [-0.15, -0.1) is 0 Å². The number of nitrogens with one attached hydrogen (secondary N) is 5. The van der Waals surface area contributed by atoms with Crippen LogP contribution < -0.4 is 31.5 Å². The van der Waals surface area contributed by atoms with Crippen molar-refractivity contribution in [3.63, 3.8) is 0 Å². The van der Waals surface area contributed by atoms with Gasteiger partial charge in [-0.2, -0.15) is 0 Å². The Bertz CT molecular complexity index is 1080. The number of carbonyl (C=O) groups excluding carboxylic acids is 2. The fourth-order valence-electron chi connectivity index (χ4n) is 3.51. The van der Waals surface area contributed by atoms with Crippen molar-refractivity contribution < 1.29 is 14.3 Å². The number of carbonyl (C=O) groups is 2. The molecule has 4 amide bonds. The molecule has 2 aromatic carbocycles. The highest BCUT2D eigenvalue weighted by molar-refractivity contribution is 5.91. The summed E-state index contributed by atoms with van der Waals surface area (Å²) in [6, 6.07) is 16.9. The molecular formula is C25H32N6O3. The molecule has 0 saturated carbocycles. The van der Waals surface area contributed by atoms with Crippen LogP contribution in [0.4, 0.5) is 15.3 Å². The number of ether oxygens (including phenoxy) is 1. The summed E-state index contributed by atoms with van der Waals surface area (Å²) < 4.78 is 5.39. The molecule has 0 fully saturated rings. The third-order valence-electron chi connectivity index (χ3n) is 5.25. The summed E-state index contributed by atoms with van der Waals surface area (Å²) in [7, 11) is 1.64. The highest BCUT2D eigenvalue weighted by Gasteiger charge is 2.09. The second kappa shape index (κ2) is 12.9. The van der Waals surface area contributed by atoms with Gasteiger partial charge in [0.2, 0.25) is 0 Å². The molecule has 1 atom stereocenters. The first kappa shape index (κ1) is 24.6. The summed E-state index contributed by atoms with van der Waals surface area (Å²) in [5.41, 5.74) is 7.61. The lowest BCUT2D eigenvalue weighted by molar-refractivity contribution is 0.224. The number of hydrogen-bond acceptors (Lipinski definition) is 5. The van der Waals surface area contributed by atoms with E-state index in [-0.39, 0.29) is 6.04 Å². The van der Waals surface area contributed by atoms with Gasteiger partial charge in [0.15, 0.2) is 0 Å². The number of urea groups is 2. The van der Waals surface area contributed by atoms with E-state index in [0.717, 1.165) is 40.7 Å². The van der Waals surface area contributed by atoms with Gasteiger partial charge >= 0.3 is 12.1 Å². The Morgan fingerprint density at radius 1 is 0.971 bits per heavy atom. The number of anilines is 1. The maximum atomic E-state index is 11.9. The minimum atomic E-state index is -0.457. The van der Waals surface area contributed by atoms with Crippen molar-refractivity contribution in [2.45, 2.75) is 32.2 Å². The van der Waals surface area contributed by atoms with Crippen LogP contribution in [0.25, 0.3) is 10.9 Å². The number of aromatic nitrogens is 1. The number of pyridine rings is 1. The van der Waals surface area contributed by atoms with Gasteiger partial charge in [0.05, 0.1) is 18.3 Å².